The van der Waals surface area contributed by atoms with Gasteiger partial charge in [0.2, 0.25) is 0 Å². The third kappa shape index (κ3) is 3.55. The first-order valence-corrected chi connectivity index (χ1v) is 10.2. The third-order valence-corrected chi connectivity index (χ3v) is 5.74. The molecule has 0 aliphatic carbocycles. The van der Waals surface area contributed by atoms with Gasteiger partial charge in [-0.15, -0.1) is 0 Å². The minimum Gasteiger partial charge on any atom is -0.375 e. The number of amides is 1. The number of anilines is 1. The van der Waals surface area contributed by atoms with Crippen molar-refractivity contribution in [3.05, 3.63) is 101 Å². The zero-order chi connectivity index (χ0) is 21.3. The van der Waals surface area contributed by atoms with Crippen LogP contribution in [0.4, 0.5) is 5.69 Å². The van der Waals surface area contributed by atoms with Crippen LogP contribution in [0.1, 0.15) is 53.2 Å². The summed E-state index contributed by atoms with van der Waals surface area (Å²) >= 11 is 0. The van der Waals surface area contributed by atoms with Gasteiger partial charge in [-0.3, -0.25) is 9.59 Å². The first kappa shape index (κ1) is 20.0. The number of ketones is 1. The second kappa shape index (κ2) is 7.88. The second-order valence-electron chi connectivity index (χ2n) is 8.13. The van der Waals surface area contributed by atoms with E-state index in [1.54, 1.807) is 29.2 Å². The minimum absolute atomic E-state index is 0.252. The number of aliphatic hydroxyl groups is 1. The summed E-state index contributed by atoms with van der Waals surface area (Å²) in [5.41, 5.74) is 1.87. The number of hydrogen-bond donors (Lipinski definition) is 1. The molecule has 0 saturated carbocycles. The van der Waals surface area contributed by atoms with Crippen molar-refractivity contribution in [2.45, 2.75) is 38.3 Å². The van der Waals surface area contributed by atoms with Crippen LogP contribution in [0.2, 0.25) is 0 Å². The van der Waals surface area contributed by atoms with Gasteiger partial charge in [0.15, 0.2) is 11.4 Å². The van der Waals surface area contributed by atoms with Gasteiger partial charge in [-0.2, -0.15) is 0 Å². The van der Waals surface area contributed by atoms with Crippen molar-refractivity contribution in [3.8, 4) is 0 Å². The van der Waals surface area contributed by atoms with Gasteiger partial charge in [0.05, 0.1) is 18.7 Å². The van der Waals surface area contributed by atoms with E-state index >= 15 is 0 Å². The summed E-state index contributed by atoms with van der Waals surface area (Å²) < 4.78 is 0. The summed E-state index contributed by atoms with van der Waals surface area (Å²) in [6.45, 7) is 4.53. The fourth-order valence-corrected chi connectivity index (χ4v) is 3.99. The lowest BCUT2D eigenvalue weighted by Gasteiger charge is -2.23. The van der Waals surface area contributed by atoms with E-state index in [2.05, 4.69) is 13.8 Å². The highest BCUT2D eigenvalue weighted by Crippen LogP contribution is 2.43. The normalized spacial score (nSPS) is 18.0. The van der Waals surface area contributed by atoms with E-state index in [4.69, 9.17) is 0 Å². The molecule has 1 atom stereocenters. The Kier molecular flexibility index (Phi) is 5.27. The van der Waals surface area contributed by atoms with E-state index < -0.39 is 11.5 Å². The Morgan fingerprint density at radius 3 is 2.23 bits per heavy atom. The van der Waals surface area contributed by atoms with Crippen molar-refractivity contribution in [2.24, 2.45) is 0 Å². The van der Waals surface area contributed by atoms with E-state index in [9.17, 15) is 14.7 Å². The van der Waals surface area contributed by atoms with Crippen LogP contribution in [-0.2, 0) is 16.9 Å². The molecule has 152 valence electrons. The Bertz CT molecular complexity index is 1070. The summed E-state index contributed by atoms with van der Waals surface area (Å²) in [6, 6.07) is 24.2. The number of Topliss-reactive ketones (excluding diaryl/α,β-unsaturated/α-hetero) is 1. The molecule has 3 aromatic rings. The van der Waals surface area contributed by atoms with Crippen LogP contribution in [0.15, 0.2) is 78.9 Å². The number of hydrogen-bond acceptors (Lipinski definition) is 3. The molecule has 1 heterocycles. The molecule has 4 rings (SSSR count). The molecule has 0 bridgehead atoms. The third-order valence-electron chi connectivity index (χ3n) is 5.74. The highest BCUT2D eigenvalue weighted by molar-refractivity contribution is 6.10. The zero-order valence-corrected chi connectivity index (χ0v) is 17.2. The van der Waals surface area contributed by atoms with Crippen molar-refractivity contribution in [1.82, 2.24) is 0 Å². The number of fused-ring (bicyclic) bond motifs is 1. The average Bonchev–Trinajstić information content (AvgIpc) is 2.96. The quantitative estimate of drug-likeness (QED) is 0.605. The summed E-state index contributed by atoms with van der Waals surface area (Å²) in [5, 5.41) is 11.4. The highest BCUT2D eigenvalue weighted by Gasteiger charge is 2.50. The summed E-state index contributed by atoms with van der Waals surface area (Å²) in [7, 11) is 0. The highest BCUT2D eigenvalue weighted by atomic mass is 16.3. The van der Waals surface area contributed by atoms with Gasteiger partial charge in [-0.05, 0) is 23.1 Å². The molecule has 1 aliphatic rings. The molecule has 1 aliphatic heterocycles. The molecule has 1 N–H and O–H groups in total. The van der Waals surface area contributed by atoms with Gasteiger partial charge in [0.25, 0.3) is 5.91 Å². The first-order chi connectivity index (χ1) is 14.4. The first-order valence-electron chi connectivity index (χ1n) is 10.2. The van der Waals surface area contributed by atoms with E-state index in [0.29, 0.717) is 29.3 Å². The van der Waals surface area contributed by atoms with E-state index in [0.717, 1.165) is 11.1 Å². The van der Waals surface area contributed by atoms with Crippen LogP contribution in [0, 0.1) is 0 Å². The lowest BCUT2D eigenvalue weighted by atomic mass is 9.87. The number of nitrogens with zero attached hydrogens (tertiary/aromatic N) is 1. The Hall–Kier alpha value is -3.24. The van der Waals surface area contributed by atoms with Crippen LogP contribution in [0.5, 0.6) is 0 Å². The van der Waals surface area contributed by atoms with Crippen molar-refractivity contribution >= 4 is 17.4 Å². The molecule has 1 unspecified atom stereocenters. The number of benzene rings is 3. The lowest BCUT2D eigenvalue weighted by Crippen LogP contribution is -2.41. The lowest BCUT2D eigenvalue weighted by molar-refractivity contribution is -0.136. The van der Waals surface area contributed by atoms with E-state index in [1.807, 2.05) is 54.6 Å². The van der Waals surface area contributed by atoms with Gasteiger partial charge in [-0.25, -0.2) is 0 Å². The molecule has 0 radical (unpaired) electrons. The standard InChI is InChI=1S/C26H25NO3/c1-18(2)20-12-14-21(15-13-20)24(28)16-26(30)22-10-6-7-11-23(22)27(25(26)29)17-19-8-4-3-5-9-19/h3-15,18,30H,16-17H2,1-2H3. The minimum atomic E-state index is -1.86. The van der Waals surface area contributed by atoms with Crippen molar-refractivity contribution in [2.75, 3.05) is 4.90 Å². The van der Waals surface area contributed by atoms with Gasteiger partial charge >= 0.3 is 0 Å². The van der Waals surface area contributed by atoms with Crippen molar-refractivity contribution in [3.63, 3.8) is 0 Å². The van der Waals surface area contributed by atoms with E-state index in [1.165, 1.54) is 0 Å². The van der Waals surface area contributed by atoms with Crippen molar-refractivity contribution in [1.29, 1.82) is 0 Å². The summed E-state index contributed by atoms with van der Waals surface area (Å²) in [6.07, 6.45) is -0.283. The topological polar surface area (TPSA) is 57.6 Å². The van der Waals surface area contributed by atoms with Gasteiger partial charge in [-0.1, -0.05) is 86.6 Å². The number of carbonyl (C=O) groups excluding carboxylic acids is 2. The Labute approximate surface area is 176 Å². The van der Waals surface area contributed by atoms with Crippen LogP contribution in [0.3, 0.4) is 0 Å². The predicted molar refractivity (Wildman–Crippen MR) is 117 cm³/mol. The second-order valence-corrected chi connectivity index (χ2v) is 8.13. The number of para-hydroxylation sites is 1. The van der Waals surface area contributed by atoms with Crippen LogP contribution in [-0.4, -0.2) is 16.8 Å². The maximum Gasteiger partial charge on any atom is 0.264 e. The number of rotatable bonds is 6. The average molecular weight is 399 g/mol. The van der Waals surface area contributed by atoms with Gasteiger partial charge in [0.1, 0.15) is 0 Å². The van der Waals surface area contributed by atoms with E-state index in [-0.39, 0.29) is 12.2 Å². The van der Waals surface area contributed by atoms with Crippen LogP contribution >= 0.6 is 0 Å². The molecule has 0 spiro atoms. The Balaban J connectivity index is 1.63. The SMILES string of the molecule is CC(C)c1ccc(C(=O)CC2(O)C(=O)N(Cc3ccccc3)c3ccccc32)cc1. The fourth-order valence-electron chi connectivity index (χ4n) is 3.99. The maximum atomic E-state index is 13.3. The van der Waals surface area contributed by atoms with Crippen LogP contribution in [0.25, 0.3) is 0 Å². The molecule has 1 amide bonds. The fraction of sp³-hybridized carbons (Fsp3) is 0.231. The molecule has 30 heavy (non-hydrogen) atoms. The largest absolute Gasteiger partial charge is 0.375 e. The molecule has 3 aromatic carbocycles. The summed E-state index contributed by atoms with van der Waals surface area (Å²) in [5.74, 6) is -0.342. The van der Waals surface area contributed by atoms with Crippen LogP contribution < -0.4 is 4.90 Å². The maximum absolute atomic E-state index is 13.3. The molecule has 0 saturated heterocycles. The van der Waals surface area contributed by atoms with Crippen molar-refractivity contribution < 1.29 is 14.7 Å². The molecular formula is C26H25NO3. The van der Waals surface area contributed by atoms with Gasteiger partial charge in [0, 0.05) is 11.1 Å². The summed E-state index contributed by atoms with van der Waals surface area (Å²) in [4.78, 5) is 27.9. The molecule has 4 nitrogen and oxygen atoms in total. The zero-order valence-electron chi connectivity index (χ0n) is 17.2. The molecule has 0 aromatic heterocycles. The predicted octanol–water partition coefficient (Wildman–Crippen LogP) is 4.82. The van der Waals surface area contributed by atoms with Gasteiger partial charge < -0.3 is 10.0 Å². The Morgan fingerprint density at radius 2 is 1.57 bits per heavy atom. The molecular weight excluding hydrogens is 374 g/mol. The Morgan fingerprint density at radius 1 is 0.933 bits per heavy atom. The monoisotopic (exact) mass is 399 g/mol. The number of carbonyl (C=O) groups is 2. The smallest absolute Gasteiger partial charge is 0.264 e. The molecule has 4 heteroatoms. The molecule has 0 fully saturated rings.